The van der Waals surface area contributed by atoms with Gasteiger partial charge in [-0.1, -0.05) is 91.0 Å². The molecule has 11 aromatic rings. The number of nitriles is 2. The predicted molar refractivity (Wildman–Crippen MR) is 255 cm³/mol. The average molecular weight is 803 g/mol. The fraction of sp³-hybridized carbons (Fsp3) is 0. The van der Waals surface area contributed by atoms with E-state index in [1.54, 1.807) is 0 Å². The van der Waals surface area contributed by atoms with Crippen LogP contribution in [-0.4, -0.2) is 6.98 Å². The molecule has 0 bridgehead atoms. The van der Waals surface area contributed by atoms with Gasteiger partial charge in [-0.2, -0.15) is 10.5 Å². The number of benzene rings is 9. The largest absolute Gasteiger partial charge is 0.456 e. The molecule has 2 aromatic heterocycles. The van der Waals surface area contributed by atoms with Crippen molar-refractivity contribution in [3.05, 3.63) is 199 Å². The van der Waals surface area contributed by atoms with Gasteiger partial charge in [0.05, 0.1) is 23.3 Å². The van der Waals surface area contributed by atoms with Crippen molar-refractivity contribution in [3.8, 4) is 56.6 Å². The minimum atomic E-state index is -0.337. The highest BCUT2D eigenvalue weighted by Gasteiger charge is 2.47. The number of rotatable bonds is 4. The molecule has 0 N–H and O–H groups in total. The molecule has 290 valence electrons. The summed E-state index contributed by atoms with van der Waals surface area (Å²) < 4.78 is 12.7. The van der Waals surface area contributed by atoms with Crippen LogP contribution >= 0.6 is 0 Å². The zero-order chi connectivity index (χ0) is 41.8. The SMILES string of the molecule is N#Cc1ccc(N2B3c4c(cccc4-c4cc(-c5cccc6oc7ccccc7c56)ccc4N3c3ccc(C#N)cc3)-c3cc(-c4cccc5oc6ccccc6c45)ccc32)cc1. The Morgan fingerprint density at radius 1 is 0.381 bits per heavy atom. The van der Waals surface area contributed by atoms with Gasteiger partial charge in [-0.05, 0) is 136 Å². The zero-order valence-corrected chi connectivity index (χ0v) is 33.6. The molecule has 13 rings (SSSR count). The predicted octanol–water partition coefficient (Wildman–Crippen LogP) is 13.9. The fourth-order valence-electron chi connectivity index (χ4n) is 10.2. The maximum Gasteiger partial charge on any atom is 0.421 e. The van der Waals surface area contributed by atoms with Crippen molar-refractivity contribution in [2.75, 3.05) is 9.62 Å². The first-order chi connectivity index (χ1) is 31.1. The van der Waals surface area contributed by atoms with Crippen LogP contribution in [0.1, 0.15) is 11.1 Å². The summed E-state index contributed by atoms with van der Waals surface area (Å²) in [7, 11) is 0. The van der Waals surface area contributed by atoms with E-state index >= 15 is 0 Å². The second-order valence-corrected chi connectivity index (χ2v) is 16.2. The van der Waals surface area contributed by atoms with Gasteiger partial charge in [0, 0.05) is 55.4 Å². The normalized spacial score (nSPS) is 12.6. The lowest BCUT2D eigenvalue weighted by atomic mass is 9.53. The summed E-state index contributed by atoms with van der Waals surface area (Å²) in [6.45, 7) is -0.337. The number of fused-ring (bicyclic) bond motifs is 10. The molecule has 0 radical (unpaired) electrons. The molecule has 0 atom stereocenters. The number of furan rings is 2. The molecule has 0 fully saturated rings. The number of hydrogen-bond acceptors (Lipinski definition) is 6. The van der Waals surface area contributed by atoms with Crippen molar-refractivity contribution in [1.29, 1.82) is 10.5 Å². The van der Waals surface area contributed by atoms with Gasteiger partial charge in [-0.15, -0.1) is 0 Å². The summed E-state index contributed by atoms with van der Waals surface area (Å²) in [4.78, 5) is 4.82. The van der Waals surface area contributed by atoms with E-state index in [4.69, 9.17) is 8.83 Å². The molecule has 0 aliphatic carbocycles. The molecule has 0 unspecified atom stereocenters. The lowest BCUT2D eigenvalue weighted by molar-refractivity contribution is 0.668. The second kappa shape index (κ2) is 13.4. The first kappa shape index (κ1) is 35.0. The van der Waals surface area contributed by atoms with Crippen molar-refractivity contribution in [2.24, 2.45) is 0 Å². The van der Waals surface area contributed by atoms with E-state index in [1.807, 2.05) is 84.9 Å². The lowest BCUT2D eigenvalue weighted by Gasteiger charge is -2.48. The lowest BCUT2D eigenvalue weighted by Crippen LogP contribution is -2.61. The first-order valence-corrected chi connectivity index (χ1v) is 21.0. The molecule has 4 heterocycles. The van der Waals surface area contributed by atoms with Gasteiger partial charge in [0.15, 0.2) is 0 Å². The minimum absolute atomic E-state index is 0.337. The van der Waals surface area contributed by atoms with Crippen LogP contribution in [-0.2, 0) is 0 Å². The maximum absolute atomic E-state index is 9.87. The molecule has 6 nitrogen and oxygen atoms in total. The topological polar surface area (TPSA) is 80.3 Å². The number of para-hydroxylation sites is 2. The van der Waals surface area contributed by atoms with Crippen LogP contribution in [0.3, 0.4) is 0 Å². The van der Waals surface area contributed by atoms with Gasteiger partial charge < -0.3 is 18.5 Å². The Bertz CT molecular complexity index is 3550. The summed E-state index contributed by atoms with van der Waals surface area (Å²) in [6.07, 6.45) is 0. The van der Waals surface area contributed by atoms with E-state index in [2.05, 4.69) is 125 Å². The third-order valence-corrected chi connectivity index (χ3v) is 12.9. The smallest absolute Gasteiger partial charge is 0.421 e. The van der Waals surface area contributed by atoms with Gasteiger partial charge in [-0.3, -0.25) is 0 Å². The first-order valence-electron chi connectivity index (χ1n) is 21.0. The number of anilines is 4. The monoisotopic (exact) mass is 802 g/mol. The molecule has 0 spiro atoms. The summed E-state index contributed by atoms with van der Waals surface area (Å²) in [5.74, 6) is 0. The summed E-state index contributed by atoms with van der Waals surface area (Å²) in [5.41, 5.74) is 18.6. The zero-order valence-electron chi connectivity index (χ0n) is 33.6. The van der Waals surface area contributed by atoms with Gasteiger partial charge in [0.1, 0.15) is 22.3 Å². The van der Waals surface area contributed by atoms with Crippen molar-refractivity contribution in [2.45, 2.75) is 0 Å². The average Bonchev–Trinajstić information content (AvgIpc) is 3.93. The van der Waals surface area contributed by atoms with Gasteiger partial charge in [0.25, 0.3) is 0 Å². The van der Waals surface area contributed by atoms with Gasteiger partial charge in [-0.25, -0.2) is 0 Å². The van der Waals surface area contributed by atoms with E-state index in [-0.39, 0.29) is 6.98 Å². The van der Waals surface area contributed by atoms with Crippen LogP contribution in [0.15, 0.2) is 197 Å². The molecule has 0 saturated carbocycles. The van der Waals surface area contributed by atoms with Crippen LogP contribution in [0.2, 0.25) is 0 Å². The molecule has 63 heavy (non-hydrogen) atoms. The van der Waals surface area contributed by atoms with E-state index in [0.717, 1.165) is 111 Å². The quantitative estimate of drug-likeness (QED) is 0.165. The fourth-order valence-corrected chi connectivity index (χ4v) is 10.2. The van der Waals surface area contributed by atoms with Crippen LogP contribution in [0.4, 0.5) is 22.7 Å². The molecular weight excluding hydrogens is 771 g/mol. The molecular formula is C56H31BN4O2. The Balaban J connectivity index is 1.09. The highest BCUT2D eigenvalue weighted by molar-refractivity contribution is 6.86. The molecule has 2 aliphatic rings. The Kier molecular flexibility index (Phi) is 7.43. The molecule has 0 amide bonds. The second-order valence-electron chi connectivity index (χ2n) is 16.2. The number of hydrogen-bond donors (Lipinski definition) is 0. The summed E-state index contributed by atoms with van der Waals surface area (Å²) >= 11 is 0. The summed E-state index contributed by atoms with van der Waals surface area (Å²) in [5, 5.41) is 24.1. The third kappa shape index (κ3) is 5.12. The highest BCUT2D eigenvalue weighted by atomic mass is 16.3. The van der Waals surface area contributed by atoms with E-state index in [1.165, 1.54) is 5.46 Å². The number of nitrogens with zero attached hydrogens (tertiary/aromatic N) is 4. The Morgan fingerprint density at radius 2 is 0.794 bits per heavy atom. The molecule has 7 heteroatoms. The Hall–Kier alpha value is -8.78. The van der Waals surface area contributed by atoms with Crippen molar-refractivity contribution < 1.29 is 8.83 Å². The van der Waals surface area contributed by atoms with Crippen molar-refractivity contribution in [3.63, 3.8) is 0 Å². The molecule has 9 aromatic carbocycles. The highest BCUT2D eigenvalue weighted by Crippen LogP contribution is 2.51. The summed E-state index contributed by atoms with van der Waals surface area (Å²) in [6, 6.07) is 69.7. The van der Waals surface area contributed by atoms with Crippen molar-refractivity contribution >= 4 is 79.1 Å². The third-order valence-electron chi connectivity index (χ3n) is 12.9. The van der Waals surface area contributed by atoms with Crippen LogP contribution < -0.4 is 15.1 Å². The van der Waals surface area contributed by atoms with Crippen LogP contribution in [0.25, 0.3) is 88.4 Å². The van der Waals surface area contributed by atoms with Gasteiger partial charge in [0.2, 0.25) is 0 Å². The van der Waals surface area contributed by atoms with Gasteiger partial charge >= 0.3 is 6.98 Å². The maximum atomic E-state index is 9.87. The Morgan fingerprint density at radius 3 is 1.25 bits per heavy atom. The van der Waals surface area contributed by atoms with E-state index in [0.29, 0.717) is 11.1 Å². The van der Waals surface area contributed by atoms with Crippen LogP contribution in [0.5, 0.6) is 0 Å². The molecule has 0 saturated heterocycles. The van der Waals surface area contributed by atoms with E-state index < -0.39 is 0 Å². The minimum Gasteiger partial charge on any atom is -0.456 e. The van der Waals surface area contributed by atoms with E-state index in [9.17, 15) is 10.5 Å². The molecule has 2 aliphatic heterocycles. The standard InChI is InChI=1S/C56H31BN4O2/c58-32-34-18-24-38(25-19-34)60-48-28-22-36(40-10-6-16-52-54(40)44-8-1-3-14-50(44)62-52)30-46(48)42-12-5-13-43-47-31-37(41-11-7-17-53-55(41)45-9-2-4-15-51(45)63-53)23-29-49(47)61(57(60)56(42)43)39-26-20-35(33-59)21-27-39/h1-31H. The van der Waals surface area contributed by atoms with Crippen molar-refractivity contribution in [1.82, 2.24) is 0 Å². The Labute approximate surface area is 362 Å². The van der Waals surface area contributed by atoms with Crippen LogP contribution in [0, 0.1) is 22.7 Å².